The maximum atomic E-state index is 5.51. The van der Waals surface area contributed by atoms with Gasteiger partial charge in [-0.1, -0.05) is 97.5 Å². The number of rotatable bonds is 9. The van der Waals surface area contributed by atoms with Gasteiger partial charge in [-0.3, -0.25) is 0 Å². The number of hydrogen-bond donors (Lipinski definition) is 0. The maximum absolute atomic E-state index is 5.51. The Balaban J connectivity index is 1.43. The predicted molar refractivity (Wildman–Crippen MR) is 147 cm³/mol. The van der Waals surface area contributed by atoms with Crippen LogP contribution in [0.25, 0.3) is 6.08 Å². The summed E-state index contributed by atoms with van der Waals surface area (Å²) in [5.41, 5.74) is 7.74. The number of allylic oxidation sites excluding steroid dienone is 1. The van der Waals surface area contributed by atoms with E-state index in [0.717, 1.165) is 30.7 Å². The average molecular weight is 445 g/mol. The Kier molecular flexibility index (Phi) is 8.21. The van der Waals surface area contributed by atoms with E-state index in [2.05, 4.69) is 97.9 Å². The minimum atomic E-state index is 0.429. The quantitative estimate of drug-likeness (QED) is 0.229. The van der Waals surface area contributed by atoms with E-state index in [1.807, 2.05) is 6.08 Å². The minimum Gasteiger partial charge on any atom is -0.115 e. The second-order valence-electron chi connectivity index (χ2n) is 9.82. The summed E-state index contributed by atoms with van der Waals surface area (Å²) in [5.74, 6) is 4.57. The first-order valence-electron chi connectivity index (χ1n) is 12.7. The first-order valence-corrected chi connectivity index (χ1v) is 12.7. The Labute approximate surface area is 206 Å². The Morgan fingerprint density at radius 2 is 1.56 bits per heavy atom. The Hall–Kier alpha value is -3.30. The Morgan fingerprint density at radius 1 is 0.882 bits per heavy atom. The highest BCUT2D eigenvalue weighted by molar-refractivity contribution is 5.48. The van der Waals surface area contributed by atoms with Gasteiger partial charge in [-0.25, -0.2) is 0 Å². The summed E-state index contributed by atoms with van der Waals surface area (Å²) in [5, 5.41) is 0. The van der Waals surface area contributed by atoms with Gasteiger partial charge in [0.25, 0.3) is 0 Å². The van der Waals surface area contributed by atoms with Gasteiger partial charge in [0.15, 0.2) is 0 Å². The van der Waals surface area contributed by atoms with Crippen molar-refractivity contribution in [2.75, 3.05) is 0 Å². The predicted octanol–water partition coefficient (Wildman–Crippen LogP) is 8.63. The van der Waals surface area contributed by atoms with Crippen molar-refractivity contribution in [1.82, 2.24) is 0 Å². The summed E-state index contributed by atoms with van der Waals surface area (Å²) in [7, 11) is 0. The van der Waals surface area contributed by atoms with Crippen LogP contribution < -0.4 is 0 Å². The van der Waals surface area contributed by atoms with Gasteiger partial charge >= 0.3 is 0 Å². The van der Waals surface area contributed by atoms with Crippen LogP contribution in [0.4, 0.5) is 0 Å². The van der Waals surface area contributed by atoms with Crippen LogP contribution in [0, 0.1) is 24.2 Å². The van der Waals surface area contributed by atoms with E-state index in [-0.39, 0.29) is 0 Å². The Morgan fingerprint density at radius 3 is 2.18 bits per heavy atom. The molecule has 0 radical (unpaired) electrons. The molecule has 1 saturated carbocycles. The van der Waals surface area contributed by atoms with Gasteiger partial charge in [-0.05, 0) is 91.2 Å². The molecule has 0 spiro atoms. The van der Waals surface area contributed by atoms with Crippen LogP contribution >= 0.6 is 0 Å². The van der Waals surface area contributed by atoms with Crippen molar-refractivity contribution in [2.45, 2.75) is 50.9 Å². The van der Waals surface area contributed by atoms with Gasteiger partial charge < -0.3 is 0 Å². The smallest absolute Gasteiger partial charge is 0.0242 e. The molecule has 1 atom stereocenters. The molecule has 4 rings (SSSR count). The molecule has 0 heteroatoms. The maximum Gasteiger partial charge on any atom is 0.0242 e. The van der Waals surface area contributed by atoms with Crippen LogP contribution in [0.2, 0.25) is 0 Å². The number of aryl methyl sites for hydroxylation is 1. The van der Waals surface area contributed by atoms with Gasteiger partial charge in [0, 0.05) is 11.5 Å². The third kappa shape index (κ3) is 6.18. The zero-order chi connectivity index (χ0) is 23.8. The van der Waals surface area contributed by atoms with Gasteiger partial charge in [-0.15, -0.1) is 6.42 Å². The van der Waals surface area contributed by atoms with Crippen molar-refractivity contribution < 1.29 is 0 Å². The number of benzene rings is 3. The molecular formula is C34H36. The molecule has 0 heterocycles. The second-order valence-corrected chi connectivity index (χ2v) is 9.82. The van der Waals surface area contributed by atoms with E-state index in [4.69, 9.17) is 6.42 Å². The fraction of sp³-hybridized carbons (Fsp3) is 0.294. The van der Waals surface area contributed by atoms with Crippen LogP contribution in [-0.2, 0) is 12.8 Å². The van der Waals surface area contributed by atoms with E-state index >= 15 is 0 Å². The molecule has 0 bridgehead atoms. The summed E-state index contributed by atoms with van der Waals surface area (Å²) in [6, 6.07) is 28.3. The molecule has 1 aliphatic rings. The molecule has 3 aromatic rings. The monoisotopic (exact) mass is 444 g/mol. The third-order valence-corrected chi connectivity index (χ3v) is 7.56. The van der Waals surface area contributed by atoms with E-state index < -0.39 is 0 Å². The van der Waals surface area contributed by atoms with Crippen LogP contribution in [0.15, 0.2) is 97.6 Å². The molecule has 0 aromatic heterocycles. The van der Waals surface area contributed by atoms with Crippen LogP contribution in [0.5, 0.6) is 0 Å². The van der Waals surface area contributed by atoms with E-state index in [9.17, 15) is 0 Å². The largest absolute Gasteiger partial charge is 0.115 e. The molecule has 0 amide bonds. The van der Waals surface area contributed by atoms with Gasteiger partial charge in [-0.2, -0.15) is 0 Å². The number of hydrogen-bond acceptors (Lipinski definition) is 0. The molecule has 1 unspecified atom stereocenters. The third-order valence-electron chi connectivity index (χ3n) is 7.56. The highest BCUT2D eigenvalue weighted by Crippen LogP contribution is 2.43. The highest BCUT2D eigenvalue weighted by Gasteiger charge is 2.30. The molecule has 1 fully saturated rings. The first kappa shape index (κ1) is 23.8. The number of terminal acetylenes is 1. The van der Waals surface area contributed by atoms with Crippen LogP contribution in [0.1, 0.15) is 65.8 Å². The van der Waals surface area contributed by atoms with Gasteiger partial charge in [0.05, 0.1) is 0 Å². The molecule has 0 saturated heterocycles. The van der Waals surface area contributed by atoms with E-state index in [1.165, 1.54) is 53.5 Å². The Bertz CT molecular complexity index is 1100. The summed E-state index contributed by atoms with van der Waals surface area (Å²) in [6.45, 7) is 8.55. The van der Waals surface area contributed by atoms with Crippen molar-refractivity contribution in [3.05, 3.63) is 125 Å². The lowest BCUT2D eigenvalue weighted by Gasteiger charge is -2.35. The lowest BCUT2D eigenvalue weighted by Crippen LogP contribution is -2.23. The fourth-order valence-electron chi connectivity index (χ4n) is 5.58. The zero-order valence-corrected chi connectivity index (χ0v) is 20.3. The minimum absolute atomic E-state index is 0.429. The fourth-order valence-corrected chi connectivity index (χ4v) is 5.58. The summed E-state index contributed by atoms with van der Waals surface area (Å²) in [6.07, 6.45) is 15.8. The molecule has 0 N–H and O–H groups in total. The normalized spacial score (nSPS) is 18.6. The van der Waals surface area contributed by atoms with E-state index in [0.29, 0.717) is 11.8 Å². The topological polar surface area (TPSA) is 0 Å². The summed E-state index contributed by atoms with van der Waals surface area (Å²) in [4.78, 5) is 0. The highest BCUT2D eigenvalue weighted by atomic mass is 14.3. The summed E-state index contributed by atoms with van der Waals surface area (Å²) < 4.78 is 0. The second kappa shape index (κ2) is 11.7. The van der Waals surface area contributed by atoms with Crippen molar-refractivity contribution in [1.29, 1.82) is 0 Å². The molecule has 0 nitrogen and oxygen atoms in total. The van der Waals surface area contributed by atoms with Gasteiger partial charge in [0.2, 0.25) is 0 Å². The zero-order valence-electron chi connectivity index (χ0n) is 20.3. The SMILES string of the molecule is C#Cc1ccc(CC2CCC(C(C(=C)CCc3ccccc3)c3ccc(C=C)cc3)CC2)cc1. The molecular weight excluding hydrogens is 408 g/mol. The van der Waals surface area contributed by atoms with Crippen molar-refractivity contribution in [3.8, 4) is 12.3 Å². The lowest BCUT2D eigenvalue weighted by molar-refractivity contribution is 0.252. The molecule has 0 aliphatic heterocycles. The molecule has 3 aromatic carbocycles. The molecule has 1 aliphatic carbocycles. The van der Waals surface area contributed by atoms with Crippen molar-refractivity contribution in [2.24, 2.45) is 11.8 Å². The van der Waals surface area contributed by atoms with Crippen molar-refractivity contribution >= 4 is 6.08 Å². The average Bonchev–Trinajstić information content (AvgIpc) is 2.90. The molecule has 34 heavy (non-hydrogen) atoms. The van der Waals surface area contributed by atoms with Gasteiger partial charge in [0.1, 0.15) is 0 Å². The van der Waals surface area contributed by atoms with Crippen molar-refractivity contribution in [3.63, 3.8) is 0 Å². The standard InChI is InChI=1S/C34H36/c1-4-27-13-15-30(16-14-27)25-31-19-23-33(24-20-31)34(32-21-17-28(5-2)18-22-32)26(3)11-12-29-9-7-6-8-10-29/h1,5-10,13-18,21-22,31,33-34H,2-3,11-12,19-20,23-25H2. The van der Waals surface area contributed by atoms with Crippen LogP contribution in [0.3, 0.4) is 0 Å². The summed E-state index contributed by atoms with van der Waals surface area (Å²) >= 11 is 0. The first-order chi connectivity index (χ1) is 16.7. The lowest BCUT2D eigenvalue weighted by atomic mass is 9.69. The van der Waals surface area contributed by atoms with Crippen LogP contribution in [-0.4, -0.2) is 0 Å². The molecule has 172 valence electrons. The van der Waals surface area contributed by atoms with E-state index in [1.54, 1.807) is 0 Å².